The van der Waals surface area contributed by atoms with Gasteiger partial charge in [-0.25, -0.2) is 4.98 Å². The van der Waals surface area contributed by atoms with E-state index < -0.39 is 0 Å². The molecule has 1 aromatic rings. The number of aromatic nitrogens is 2. The monoisotopic (exact) mass is 251 g/mol. The third kappa shape index (κ3) is 3.10. The Morgan fingerprint density at radius 1 is 1.44 bits per heavy atom. The summed E-state index contributed by atoms with van der Waals surface area (Å²) in [5, 5.41) is 0. The molecule has 1 aliphatic heterocycles. The van der Waals surface area contributed by atoms with Crippen molar-refractivity contribution in [1.82, 2.24) is 9.97 Å². The molecule has 1 fully saturated rings. The summed E-state index contributed by atoms with van der Waals surface area (Å²) in [7, 11) is 0. The molecule has 2 N–H and O–H groups in total. The number of nitrogen functional groups attached to an aromatic ring is 1. The van der Waals surface area contributed by atoms with E-state index in [0.29, 0.717) is 24.2 Å². The van der Waals surface area contributed by atoms with Crippen LogP contribution in [-0.2, 0) is 11.2 Å². The second kappa shape index (κ2) is 6.00. The van der Waals surface area contributed by atoms with Crippen molar-refractivity contribution < 1.29 is 9.47 Å². The average Bonchev–Trinajstić information content (AvgIpc) is 2.85. The Kier molecular flexibility index (Phi) is 4.36. The van der Waals surface area contributed by atoms with Gasteiger partial charge in [-0.3, -0.25) is 0 Å². The van der Waals surface area contributed by atoms with E-state index in [-0.39, 0.29) is 0 Å². The molecule has 0 bridgehead atoms. The molecule has 100 valence electrons. The maximum atomic E-state index is 5.88. The van der Waals surface area contributed by atoms with Gasteiger partial charge in [0.2, 0.25) is 5.88 Å². The van der Waals surface area contributed by atoms with Crippen LogP contribution in [0.15, 0.2) is 0 Å². The van der Waals surface area contributed by atoms with Crippen molar-refractivity contribution in [1.29, 1.82) is 0 Å². The predicted molar refractivity (Wildman–Crippen MR) is 69.6 cm³/mol. The topological polar surface area (TPSA) is 70.3 Å². The van der Waals surface area contributed by atoms with E-state index in [4.69, 9.17) is 15.2 Å². The third-order valence-corrected chi connectivity index (χ3v) is 3.14. The number of rotatable bonds is 5. The van der Waals surface area contributed by atoms with E-state index >= 15 is 0 Å². The summed E-state index contributed by atoms with van der Waals surface area (Å²) in [6, 6.07) is 0. The van der Waals surface area contributed by atoms with Crippen LogP contribution >= 0.6 is 0 Å². The Balaban J connectivity index is 2.05. The van der Waals surface area contributed by atoms with Crippen molar-refractivity contribution >= 4 is 5.82 Å². The highest BCUT2D eigenvalue weighted by Crippen LogP contribution is 2.22. The van der Waals surface area contributed by atoms with Crippen molar-refractivity contribution in [2.75, 3.05) is 25.6 Å². The highest BCUT2D eigenvalue weighted by molar-refractivity contribution is 5.44. The first-order chi connectivity index (χ1) is 8.70. The fourth-order valence-electron chi connectivity index (χ4n) is 1.95. The molecule has 0 radical (unpaired) electrons. The first kappa shape index (κ1) is 13.1. The average molecular weight is 251 g/mol. The number of ether oxygens (including phenoxy) is 2. The van der Waals surface area contributed by atoms with Crippen LogP contribution in [0.5, 0.6) is 5.88 Å². The van der Waals surface area contributed by atoms with Crippen molar-refractivity contribution in [2.24, 2.45) is 5.92 Å². The second-order valence-corrected chi connectivity index (χ2v) is 4.75. The van der Waals surface area contributed by atoms with Crippen LogP contribution in [0.2, 0.25) is 0 Å². The minimum absolute atomic E-state index is 0.468. The Hall–Kier alpha value is -1.36. The van der Waals surface area contributed by atoms with Gasteiger partial charge in [0, 0.05) is 18.9 Å². The molecule has 2 rings (SSSR count). The van der Waals surface area contributed by atoms with Gasteiger partial charge in [-0.15, -0.1) is 0 Å². The summed E-state index contributed by atoms with van der Waals surface area (Å²) < 4.78 is 11.1. The van der Waals surface area contributed by atoms with Crippen LogP contribution in [0.25, 0.3) is 0 Å². The maximum Gasteiger partial charge on any atom is 0.221 e. The molecule has 1 atom stereocenters. The Morgan fingerprint density at radius 3 is 2.94 bits per heavy atom. The molecule has 1 unspecified atom stereocenters. The van der Waals surface area contributed by atoms with E-state index in [0.717, 1.165) is 43.9 Å². The minimum atomic E-state index is 0.468. The molecule has 0 spiro atoms. The zero-order chi connectivity index (χ0) is 13.0. The number of aryl methyl sites for hydroxylation is 1. The standard InChI is InChI=1S/C13H21N3O2/c1-3-4-11-15-12(14)9(2)13(16-11)18-8-10-5-6-17-7-10/h10H,3-8H2,1-2H3,(H2,14,15,16). The lowest BCUT2D eigenvalue weighted by molar-refractivity contribution is 0.165. The summed E-state index contributed by atoms with van der Waals surface area (Å²) >= 11 is 0. The molecule has 5 nitrogen and oxygen atoms in total. The lowest BCUT2D eigenvalue weighted by Gasteiger charge is -2.13. The molecule has 0 aromatic carbocycles. The SMILES string of the molecule is CCCc1nc(N)c(C)c(OCC2CCOC2)n1. The number of hydrogen-bond acceptors (Lipinski definition) is 5. The van der Waals surface area contributed by atoms with Crippen LogP contribution in [-0.4, -0.2) is 29.8 Å². The molecule has 2 heterocycles. The lowest BCUT2D eigenvalue weighted by Crippen LogP contribution is -2.14. The van der Waals surface area contributed by atoms with Crippen LogP contribution < -0.4 is 10.5 Å². The molecule has 0 amide bonds. The minimum Gasteiger partial charge on any atom is -0.477 e. The van der Waals surface area contributed by atoms with Crippen LogP contribution in [0.3, 0.4) is 0 Å². The van der Waals surface area contributed by atoms with Crippen molar-refractivity contribution in [3.05, 3.63) is 11.4 Å². The number of anilines is 1. The van der Waals surface area contributed by atoms with Gasteiger partial charge in [0.25, 0.3) is 0 Å². The largest absolute Gasteiger partial charge is 0.477 e. The first-order valence-corrected chi connectivity index (χ1v) is 6.54. The van der Waals surface area contributed by atoms with Crippen LogP contribution in [0.4, 0.5) is 5.82 Å². The smallest absolute Gasteiger partial charge is 0.221 e. The summed E-state index contributed by atoms with van der Waals surface area (Å²) in [5.41, 5.74) is 6.71. The Bertz CT molecular complexity index is 403. The summed E-state index contributed by atoms with van der Waals surface area (Å²) in [5.74, 6) is 2.37. The zero-order valence-electron chi connectivity index (χ0n) is 11.1. The van der Waals surface area contributed by atoms with Crippen LogP contribution in [0, 0.1) is 12.8 Å². The van der Waals surface area contributed by atoms with Gasteiger partial charge in [0.1, 0.15) is 11.6 Å². The Labute approximate surface area is 108 Å². The van der Waals surface area contributed by atoms with Crippen molar-refractivity contribution in [2.45, 2.75) is 33.1 Å². The van der Waals surface area contributed by atoms with Gasteiger partial charge in [0.05, 0.1) is 18.8 Å². The highest BCUT2D eigenvalue weighted by atomic mass is 16.5. The third-order valence-electron chi connectivity index (χ3n) is 3.14. The van der Waals surface area contributed by atoms with Gasteiger partial charge in [-0.1, -0.05) is 6.92 Å². The van der Waals surface area contributed by atoms with E-state index in [1.54, 1.807) is 0 Å². The molecule has 18 heavy (non-hydrogen) atoms. The number of hydrogen-bond donors (Lipinski definition) is 1. The lowest BCUT2D eigenvalue weighted by atomic mass is 10.1. The Morgan fingerprint density at radius 2 is 2.28 bits per heavy atom. The molecular weight excluding hydrogens is 230 g/mol. The van der Waals surface area contributed by atoms with Gasteiger partial charge >= 0.3 is 0 Å². The first-order valence-electron chi connectivity index (χ1n) is 6.54. The molecule has 0 aliphatic carbocycles. The van der Waals surface area contributed by atoms with Crippen molar-refractivity contribution in [3.63, 3.8) is 0 Å². The van der Waals surface area contributed by atoms with Gasteiger partial charge < -0.3 is 15.2 Å². The zero-order valence-corrected chi connectivity index (χ0v) is 11.1. The molecule has 5 heteroatoms. The van der Waals surface area contributed by atoms with E-state index in [1.165, 1.54) is 0 Å². The van der Waals surface area contributed by atoms with Gasteiger partial charge in [-0.2, -0.15) is 4.98 Å². The molecule has 1 aromatic heterocycles. The predicted octanol–water partition coefficient (Wildman–Crippen LogP) is 1.74. The van der Waals surface area contributed by atoms with E-state index in [1.807, 2.05) is 6.92 Å². The fraction of sp³-hybridized carbons (Fsp3) is 0.692. The fourth-order valence-corrected chi connectivity index (χ4v) is 1.95. The van der Waals surface area contributed by atoms with Crippen LogP contribution in [0.1, 0.15) is 31.2 Å². The maximum absolute atomic E-state index is 5.88. The second-order valence-electron chi connectivity index (χ2n) is 4.75. The normalized spacial score (nSPS) is 19.1. The molecule has 0 saturated carbocycles. The number of nitrogens with zero attached hydrogens (tertiary/aromatic N) is 2. The van der Waals surface area contributed by atoms with E-state index in [9.17, 15) is 0 Å². The van der Waals surface area contributed by atoms with E-state index in [2.05, 4.69) is 16.9 Å². The summed E-state index contributed by atoms with van der Waals surface area (Å²) in [4.78, 5) is 8.69. The number of nitrogens with two attached hydrogens (primary N) is 1. The molecule has 1 saturated heterocycles. The quantitative estimate of drug-likeness (QED) is 0.863. The highest BCUT2D eigenvalue weighted by Gasteiger charge is 2.18. The van der Waals surface area contributed by atoms with Gasteiger partial charge in [-0.05, 0) is 19.8 Å². The van der Waals surface area contributed by atoms with Gasteiger partial charge in [0.15, 0.2) is 0 Å². The van der Waals surface area contributed by atoms with Crippen molar-refractivity contribution in [3.8, 4) is 5.88 Å². The molecular formula is C13H21N3O2. The summed E-state index contributed by atoms with van der Waals surface area (Å²) in [6.45, 7) is 6.24. The summed E-state index contributed by atoms with van der Waals surface area (Å²) in [6.07, 6.45) is 2.88. The molecule has 1 aliphatic rings.